The van der Waals surface area contributed by atoms with E-state index in [1.165, 1.54) is 23.1 Å². The van der Waals surface area contributed by atoms with Crippen molar-refractivity contribution >= 4 is 49.1 Å². The first-order chi connectivity index (χ1) is 8.26. The molecule has 0 spiro atoms. The molecule has 5 nitrogen and oxygen atoms in total. The molecule has 1 rings (SSSR count). The van der Waals surface area contributed by atoms with Gasteiger partial charge in [-0.1, -0.05) is 27.5 Å². The molecule has 18 heavy (non-hydrogen) atoms. The van der Waals surface area contributed by atoms with Crippen LogP contribution in [-0.2, 0) is 10.0 Å². The van der Waals surface area contributed by atoms with E-state index in [0.717, 1.165) is 0 Å². The number of carbonyl (C=O) groups is 1. The zero-order valence-electron chi connectivity index (χ0n) is 9.78. The summed E-state index contributed by atoms with van der Waals surface area (Å²) in [5, 5.41) is 0.274. The summed E-state index contributed by atoms with van der Waals surface area (Å²) in [6.07, 6.45) is 0. The Morgan fingerprint density at radius 3 is 2.56 bits per heavy atom. The number of benzene rings is 1. The van der Waals surface area contributed by atoms with E-state index in [2.05, 4.69) is 20.7 Å². The number of halogens is 2. The first-order valence-corrected chi connectivity index (χ1v) is 7.99. The van der Waals surface area contributed by atoms with E-state index in [9.17, 15) is 13.2 Å². The van der Waals surface area contributed by atoms with Crippen LogP contribution in [0.4, 0.5) is 5.69 Å². The van der Waals surface area contributed by atoms with Gasteiger partial charge in [0, 0.05) is 19.8 Å². The van der Waals surface area contributed by atoms with E-state index in [1.54, 1.807) is 14.1 Å². The highest BCUT2D eigenvalue weighted by molar-refractivity contribution is 9.10. The minimum atomic E-state index is -3.45. The number of nitrogens with zero attached hydrogens (tertiary/aromatic N) is 1. The van der Waals surface area contributed by atoms with Gasteiger partial charge in [-0.3, -0.25) is 9.52 Å². The maximum atomic E-state index is 11.8. The van der Waals surface area contributed by atoms with Crippen molar-refractivity contribution in [3.05, 3.63) is 28.8 Å². The van der Waals surface area contributed by atoms with Crippen molar-refractivity contribution in [3.8, 4) is 0 Å². The summed E-state index contributed by atoms with van der Waals surface area (Å²) < 4.78 is 24.9. The molecule has 1 amide bonds. The molecule has 0 saturated carbocycles. The van der Waals surface area contributed by atoms with Crippen LogP contribution in [0.2, 0.25) is 5.02 Å². The SMILES string of the molecule is CN(C)C(=O)c1cc(NS(=O)(=O)CBr)ccc1Cl. The van der Waals surface area contributed by atoms with Gasteiger partial charge in [0.1, 0.15) is 4.66 Å². The highest BCUT2D eigenvalue weighted by atomic mass is 79.9. The van der Waals surface area contributed by atoms with Crippen LogP contribution in [0.3, 0.4) is 0 Å². The number of sulfonamides is 1. The minimum absolute atomic E-state index is 0.223. The van der Waals surface area contributed by atoms with Gasteiger partial charge in [0.25, 0.3) is 5.91 Å². The van der Waals surface area contributed by atoms with Crippen molar-refractivity contribution in [3.63, 3.8) is 0 Å². The van der Waals surface area contributed by atoms with Crippen LogP contribution in [0.25, 0.3) is 0 Å². The van der Waals surface area contributed by atoms with E-state index in [4.69, 9.17) is 11.6 Å². The maximum absolute atomic E-state index is 11.8. The molecule has 8 heteroatoms. The van der Waals surface area contributed by atoms with Gasteiger partial charge in [0.15, 0.2) is 0 Å². The van der Waals surface area contributed by atoms with Gasteiger partial charge in [-0.05, 0) is 18.2 Å². The smallest absolute Gasteiger partial charge is 0.254 e. The van der Waals surface area contributed by atoms with Crippen LogP contribution < -0.4 is 4.72 Å². The Labute approximate surface area is 119 Å². The van der Waals surface area contributed by atoms with Crippen LogP contribution >= 0.6 is 27.5 Å². The summed E-state index contributed by atoms with van der Waals surface area (Å²) in [5.74, 6) is -0.292. The van der Waals surface area contributed by atoms with Crippen molar-refractivity contribution < 1.29 is 13.2 Å². The molecule has 1 aromatic carbocycles. The second-order valence-corrected chi connectivity index (χ2v) is 7.15. The molecule has 1 N–H and O–H groups in total. The zero-order valence-corrected chi connectivity index (χ0v) is 12.9. The Kier molecular flexibility index (Phi) is 5.01. The van der Waals surface area contributed by atoms with Crippen molar-refractivity contribution in [2.75, 3.05) is 23.5 Å². The molecule has 1 aromatic rings. The van der Waals surface area contributed by atoms with Crippen LogP contribution in [0.1, 0.15) is 10.4 Å². The number of hydrogen-bond acceptors (Lipinski definition) is 3. The van der Waals surface area contributed by atoms with E-state index in [-0.39, 0.29) is 21.2 Å². The van der Waals surface area contributed by atoms with E-state index < -0.39 is 10.0 Å². The summed E-state index contributed by atoms with van der Waals surface area (Å²) in [5.41, 5.74) is 0.542. The van der Waals surface area contributed by atoms with Crippen LogP contribution in [-0.4, -0.2) is 38.0 Å². The minimum Gasteiger partial charge on any atom is -0.345 e. The number of hydrogen-bond donors (Lipinski definition) is 1. The van der Waals surface area contributed by atoms with Crippen LogP contribution in [0.5, 0.6) is 0 Å². The Bertz CT molecular complexity index is 560. The lowest BCUT2D eigenvalue weighted by Crippen LogP contribution is -2.22. The molecule has 0 heterocycles. The van der Waals surface area contributed by atoms with Gasteiger partial charge in [-0.2, -0.15) is 0 Å². The largest absolute Gasteiger partial charge is 0.345 e. The lowest BCUT2D eigenvalue weighted by molar-refractivity contribution is 0.0828. The average Bonchev–Trinajstić information content (AvgIpc) is 2.30. The quantitative estimate of drug-likeness (QED) is 0.842. The Morgan fingerprint density at radius 1 is 1.44 bits per heavy atom. The molecule has 0 aliphatic heterocycles. The highest BCUT2D eigenvalue weighted by Crippen LogP contribution is 2.22. The first-order valence-electron chi connectivity index (χ1n) is 4.84. The van der Waals surface area contributed by atoms with Gasteiger partial charge in [0.05, 0.1) is 10.6 Å². The topological polar surface area (TPSA) is 66.5 Å². The second kappa shape index (κ2) is 5.90. The summed E-state index contributed by atoms with van der Waals surface area (Å²) in [6.45, 7) is 0. The van der Waals surface area contributed by atoms with Crippen LogP contribution in [0.15, 0.2) is 18.2 Å². The molecule has 0 atom stereocenters. The molecule has 0 aliphatic carbocycles. The Balaban J connectivity index is 3.13. The predicted octanol–water partition coefficient (Wildman–Crippen LogP) is 2.14. The highest BCUT2D eigenvalue weighted by Gasteiger charge is 2.15. The van der Waals surface area contributed by atoms with Gasteiger partial charge in [-0.15, -0.1) is 0 Å². The Morgan fingerprint density at radius 2 is 2.06 bits per heavy atom. The first kappa shape index (κ1) is 15.3. The van der Waals surface area contributed by atoms with Gasteiger partial charge in [-0.25, -0.2) is 8.42 Å². The molecule has 0 radical (unpaired) electrons. The van der Waals surface area contributed by atoms with Crippen LogP contribution in [0, 0.1) is 0 Å². The van der Waals surface area contributed by atoms with E-state index in [0.29, 0.717) is 5.69 Å². The van der Waals surface area contributed by atoms with E-state index in [1.807, 2.05) is 0 Å². The number of amides is 1. The van der Waals surface area contributed by atoms with Crippen molar-refractivity contribution in [1.82, 2.24) is 4.90 Å². The van der Waals surface area contributed by atoms with Crippen molar-refractivity contribution in [2.24, 2.45) is 0 Å². The monoisotopic (exact) mass is 354 g/mol. The summed E-state index contributed by atoms with van der Waals surface area (Å²) in [7, 11) is -0.267. The lowest BCUT2D eigenvalue weighted by Gasteiger charge is -2.13. The summed E-state index contributed by atoms with van der Waals surface area (Å²) >= 11 is 8.77. The fourth-order valence-corrected chi connectivity index (χ4v) is 2.28. The maximum Gasteiger partial charge on any atom is 0.254 e. The number of rotatable bonds is 4. The molecular weight excluding hydrogens is 344 g/mol. The molecule has 0 unspecified atom stereocenters. The fraction of sp³-hybridized carbons (Fsp3) is 0.300. The molecule has 0 saturated heterocycles. The third-order valence-electron chi connectivity index (χ3n) is 2.02. The number of anilines is 1. The molecule has 0 bridgehead atoms. The molecule has 100 valence electrons. The average molecular weight is 356 g/mol. The normalized spacial score (nSPS) is 11.1. The zero-order chi connectivity index (χ0) is 13.9. The van der Waals surface area contributed by atoms with Crippen molar-refractivity contribution in [2.45, 2.75) is 0 Å². The third-order valence-corrected chi connectivity index (χ3v) is 4.99. The fourth-order valence-electron chi connectivity index (χ4n) is 1.20. The summed E-state index contributed by atoms with van der Waals surface area (Å²) in [4.78, 5) is 13.2. The van der Waals surface area contributed by atoms with Gasteiger partial charge >= 0.3 is 0 Å². The molecule has 0 fully saturated rings. The number of nitrogens with one attached hydrogen (secondary N) is 1. The van der Waals surface area contributed by atoms with Gasteiger partial charge in [0.2, 0.25) is 10.0 Å². The number of carbonyl (C=O) groups excluding carboxylic acids is 1. The van der Waals surface area contributed by atoms with E-state index >= 15 is 0 Å². The standard InChI is InChI=1S/C10H12BrClN2O3S/c1-14(2)10(15)8-5-7(3-4-9(8)12)13-18(16,17)6-11/h3-5,13H,6H2,1-2H3. The molecular formula is C10H12BrClN2O3S. The number of alkyl halides is 1. The van der Waals surface area contributed by atoms with Crippen molar-refractivity contribution in [1.29, 1.82) is 0 Å². The lowest BCUT2D eigenvalue weighted by atomic mass is 10.2. The molecule has 0 aromatic heterocycles. The van der Waals surface area contributed by atoms with Gasteiger partial charge < -0.3 is 4.90 Å². The second-order valence-electron chi connectivity index (χ2n) is 3.72. The third kappa shape index (κ3) is 3.86. The Hall–Kier alpha value is -0.790. The molecule has 0 aliphatic rings. The summed E-state index contributed by atoms with van der Waals surface area (Å²) in [6, 6.07) is 4.38. The predicted molar refractivity (Wildman–Crippen MR) is 75.8 cm³/mol.